The van der Waals surface area contributed by atoms with E-state index in [1.807, 2.05) is 0 Å². The van der Waals surface area contributed by atoms with Gasteiger partial charge in [-0.3, -0.25) is 9.52 Å². The topological polar surface area (TPSA) is 93.7 Å². The molecule has 1 amide bonds. The van der Waals surface area contributed by atoms with Crippen molar-refractivity contribution >= 4 is 45.0 Å². The number of carbonyl (C=O) groups excluding carboxylic acids is 1. The van der Waals surface area contributed by atoms with Gasteiger partial charge in [0.2, 0.25) is 5.91 Å². The molecule has 0 spiro atoms. The predicted octanol–water partition coefficient (Wildman–Crippen LogP) is 4.81. The Balaban J connectivity index is 1.72. The van der Waals surface area contributed by atoms with Crippen LogP contribution >= 0.6 is 11.6 Å². The van der Waals surface area contributed by atoms with Crippen LogP contribution in [0.25, 0.3) is 6.08 Å². The molecule has 0 bridgehead atoms. The van der Waals surface area contributed by atoms with E-state index < -0.39 is 15.9 Å². The number of anilines is 2. The van der Waals surface area contributed by atoms with Crippen molar-refractivity contribution in [2.75, 3.05) is 24.3 Å². The third-order valence-corrected chi connectivity index (χ3v) is 6.06. The number of carbonyl (C=O) groups is 1. The maximum atomic E-state index is 12.7. The second-order valence-corrected chi connectivity index (χ2v) is 8.64. The number of ether oxygens (including phenoxy) is 2. The highest BCUT2D eigenvalue weighted by molar-refractivity contribution is 7.92. The Hall–Kier alpha value is -3.49. The first-order valence-corrected chi connectivity index (χ1v) is 11.3. The molecule has 3 aromatic rings. The quantitative estimate of drug-likeness (QED) is 0.459. The van der Waals surface area contributed by atoms with Gasteiger partial charge < -0.3 is 14.8 Å². The van der Waals surface area contributed by atoms with E-state index >= 15 is 0 Å². The molecule has 0 aliphatic heterocycles. The summed E-state index contributed by atoms with van der Waals surface area (Å²) >= 11 is 6.03. The number of nitrogens with one attached hydrogen (secondary N) is 2. The number of halogens is 1. The largest absolute Gasteiger partial charge is 0.493 e. The zero-order valence-electron chi connectivity index (χ0n) is 17.3. The summed E-state index contributed by atoms with van der Waals surface area (Å²) in [5, 5.41) is 2.93. The summed E-state index contributed by atoms with van der Waals surface area (Å²) in [6.45, 7) is 0. The highest BCUT2D eigenvalue weighted by atomic mass is 35.5. The van der Waals surface area contributed by atoms with Crippen molar-refractivity contribution in [3.63, 3.8) is 0 Å². The second-order valence-electron chi connectivity index (χ2n) is 6.55. The number of rotatable bonds is 8. The van der Waals surface area contributed by atoms with Crippen LogP contribution in [-0.4, -0.2) is 28.5 Å². The van der Waals surface area contributed by atoms with E-state index in [1.165, 1.54) is 31.4 Å². The van der Waals surface area contributed by atoms with Crippen LogP contribution in [0.3, 0.4) is 0 Å². The van der Waals surface area contributed by atoms with E-state index in [-0.39, 0.29) is 15.6 Å². The fraction of sp³-hybridized carbons (Fsp3) is 0.0870. The Bertz CT molecular complexity index is 1260. The second kappa shape index (κ2) is 10.2. The van der Waals surface area contributed by atoms with Gasteiger partial charge in [0.05, 0.1) is 29.8 Å². The molecule has 0 aliphatic rings. The third kappa shape index (κ3) is 5.81. The van der Waals surface area contributed by atoms with E-state index in [9.17, 15) is 13.2 Å². The van der Waals surface area contributed by atoms with Crippen molar-refractivity contribution in [3.05, 3.63) is 83.4 Å². The SMILES string of the molecule is COc1ccc(/C=C/C(=O)Nc2cccc(S(=O)(=O)Nc3ccccc3Cl)c2)cc1OC. The zero-order valence-corrected chi connectivity index (χ0v) is 18.9. The smallest absolute Gasteiger partial charge is 0.262 e. The highest BCUT2D eigenvalue weighted by Gasteiger charge is 2.16. The number of hydrogen-bond donors (Lipinski definition) is 2. The minimum atomic E-state index is -3.89. The molecule has 0 aromatic heterocycles. The van der Waals surface area contributed by atoms with Gasteiger partial charge in [-0.05, 0) is 54.1 Å². The monoisotopic (exact) mass is 472 g/mol. The van der Waals surface area contributed by atoms with Gasteiger partial charge in [0.25, 0.3) is 10.0 Å². The lowest BCUT2D eigenvalue weighted by molar-refractivity contribution is -0.111. The maximum Gasteiger partial charge on any atom is 0.262 e. The highest BCUT2D eigenvalue weighted by Crippen LogP contribution is 2.28. The van der Waals surface area contributed by atoms with Crippen LogP contribution in [0.5, 0.6) is 11.5 Å². The molecule has 0 radical (unpaired) electrons. The minimum absolute atomic E-state index is 0.0147. The average molecular weight is 473 g/mol. The lowest BCUT2D eigenvalue weighted by atomic mass is 10.2. The molecule has 9 heteroatoms. The first-order valence-electron chi connectivity index (χ1n) is 9.41. The predicted molar refractivity (Wildman–Crippen MR) is 126 cm³/mol. The van der Waals surface area contributed by atoms with Gasteiger partial charge in [0.15, 0.2) is 11.5 Å². The van der Waals surface area contributed by atoms with Crippen LogP contribution < -0.4 is 19.5 Å². The van der Waals surface area contributed by atoms with Gasteiger partial charge in [-0.15, -0.1) is 0 Å². The van der Waals surface area contributed by atoms with Crippen LogP contribution in [0.15, 0.2) is 77.7 Å². The molecule has 0 atom stereocenters. The Kier molecular flexibility index (Phi) is 7.40. The summed E-state index contributed by atoms with van der Waals surface area (Å²) in [6, 6.07) is 17.7. The Morgan fingerprint density at radius 1 is 0.938 bits per heavy atom. The van der Waals surface area contributed by atoms with Crippen molar-refractivity contribution in [3.8, 4) is 11.5 Å². The van der Waals surface area contributed by atoms with Crippen molar-refractivity contribution in [2.45, 2.75) is 4.90 Å². The normalized spacial score (nSPS) is 11.2. The molecule has 7 nitrogen and oxygen atoms in total. The molecule has 3 rings (SSSR count). The summed E-state index contributed by atoms with van der Waals surface area (Å²) in [7, 11) is -0.825. The summed E-state index contributed by atoms with van der Waals surface area (Å²) < 4.78 is 38.3. The van der Waals surface area contributed by atoms with Crippen LogP contribution in [0.1, 0.15) is 5.56 Å². The molecular weight excluding hydrogens is 452 g/mol. The molecule has 2 N–H and O–H groups in total. The molecule has 0 fully saturated rings. The van der Waals surface area contributed by atoms with Crippen molar-refractivity contribution < 1.29 is 22.7 Å². The summed E-state index contributed by atoms with van der Waals surface area (Å²) in [4.78, 5) is 12.3. The van der Waals surface area contributed by atoms with Gasteiger partial charge in [-0.25, -0.2) is 8.42 Å². The number of benzene rings is 3. The average Bonchev–Trinajstić information content (AvgIpc) is 2.79. The van der Waals surface area contributed by atoms with Crippen LogP contribution in [-0.2, 0) is 14.8 Å². The standard InChI is InChI=1S/C23H21ClN2O5S/c1-30-21-12-10-16(14-22(21)31-2)11-13-23(27)25-17-6-5-7-18(15-17)32(28,29)26-20-9-4-3-8-19(20)24/h3-15,26H,1-2H3,(H,25,27)/b13-11+. The Morgan fingerprint density at radius 3 is 2.41 bits per heavy atom. The van der Waals surface area contributed by atoms with Crippen LogP contribution in [0.4, 0.5) is 11.4 Å². The molecule has 0 unspecified atom stereocenters. The molecule has 166 valence electrons. The van der Waals surface area contributed by atoms with E-state index in [2.05, 4.69) is 10.0 Å². The van der Waals surface area contributed by atoms with Crippen LogP contribution in [0.2, 0.25) is 5.02 Å². The molecule has 3 aromatic carbocycles. The maximum absolute atomic E-state index is 12.7. The molecule has 0 heterocycles. The van der Waals surface area contributed by atoms with Gasteiger partial charge >= 0.3 is 0 Å². The van der Waals surface area contributed by atoms with E-state index in [0.29, 0.717) is 17.2 Å². The van der Waals surface area contributed by atoms with Gasteiger partial charge in [-0.2, -0.15) is 0 Å². The zero-order chi connectivity index (χ0) is 23.1. The lowest BCUT2D eigenvalue weighted by Gasteiger charge is -2.11. The first-order chi connectivity index (χ1) is 15.3. The lowest BCUT2D eigenvalue weighted by Crippen LogP contribution is -2.14. The third-order valence-electron chi connectivity index (χ3n) is 4.36. The molecule has 0 aliphatic carbocycles. The summed E-state index contributed by atoms with van der Waals surface area (Å²) in [5.41, 5.74) is 1.33. The molecule has 0 saturated heterocycles. The van der Waals surface area contributed by atoms with Crippen LogP contribution in [0, 0.1) is 0 Å². The number of sulfonamides is 1. The van der Waals surface area contributed by atoms with E-state index in [0.717, 1.165) is 5.56 Å². The number of para-hydroxylation sites is 1. The fourth-order valence-corrected chi connectivity index (χ4v) is 4.17. The van der Waals surface area contributed by atoms with E-state index in [1.54, 1.807) is 61.7 Å². The summed E-state index contributed by atoms with van der Waals surface area (Å²) in [6.07, 6.45) is 2.95. The van der Waals surface area contributed by atoms with Gasteiger partial charge in [0.1, 0.15) is 0 Å². The van der Waals surface area contributed by atoms with Gasteiger partial charge in [0, 0.05) is 11.8 Å². The molecule has 0 saturated carbocycles. The van der Waals surface area contributed by atoms with Crippen molar-refractivity contribution in [1.82, 2.24) is 0 Å². The fourth-order valence-electron chi connectivity index (χ4n) is 2.80. The Labute approximate surface area is 191 Å². The van der Waals surface area contributed by atoms with Gasteiger partial charge in [-0.1, -0.05) is 35.9 Å². The minimum Gasteiger partial charge on any atom is -0.493 e. The first kappa shape index (κ1) is 23.2. The number of amides is 1. The molecular formula is C23H21ClN2O5S. The summed E-state index contributed by atoms with van der Waals surface area (Å²) in [5.74, 6) is 0.699. The number of hydrogen-bond acceptors (Lipinski definition) is 5. The molecule has 32 heavy (non-hydrogen) atoms. The van der Waals surface area contributed by atoms with E-state index in [4.69, 9.17) is 21.1 Å². The van der Waals surface area contributed by atoms with Crippen molar-refractivity contribution in [1.29, 1.82) is 0 Å². The Morgan fingerprint density at radius 2 is 1.69 bits per heavy atom. The van der Waals surface area contributed by atoms with Crippen molar-refractivity contribution in [2.24, 2.45) is 0 Å². The number of methoxy groups -OCH3 is 2.